The number of hydrogen-bond acceptors (Lipinski definition) is 6. The fourth-order valence-electron chi connectivity index (χ4n) is 4.75. The molecule has 0 radical (unpaired) electrons. The molecule has 0 bridgehead atoms. The van der Waals surface area contributed by atoms with Crippen LogP contribution in [0.3, 0.4) is 0 Å². The summed E-state index contributed by atoms with van der Waals surface area (Å²) in [5.74, 6) is 0.237. The number of benzene rings is 2. The Morgan fingerprint density at radius 3 is 2.53 bits per heavy atom. The van der Waals surface area contributed by atoms with Gasteiger partial charge in [0.1, 0.15) is 22.1 Å². The number of aliphatic hydroxyl groups excluding tert-OH is 1. The van der Waals surface area contributed by atoms with E-state index in [9.17, 15) is 9.90 Å². The predicted molar refractivity (Wildman–Crippen MR) is 120 cm³/mol. The first-order valence-electron chi connectivity index (χ1n) is 10.4. The first-order chi connectivity index (χ1) is 15.4. The molecule has 5 rings (SSSR count). The number of aliphatic hydroxyl groups is 1. The molecule has 2 aliphatic rings. The van der Waals surface area contributed by atoms with Gasteiger partial charge in [-0.3, -0.25) is 4.79 Å². The Labute approximate surface area is 190 Å². The molecule has 32 heavy (non-hydrogen) atoms. The van der Waals surface area contributed by atoms with Gasteiger partial charge >= 0.3 is 0 Å². The molecule has 1 aliphatic heterocycles. The molecule has 0 fully saturated rings. The Hall–Kier alpha value is -3.09. The SMILES string of the molecule is COc1cc(OC)c2c(c1Cl)O[C@]1(C2=O)c2nc(-c3ccccc3)ccc2[C@@H](O)C[C@H]1C. The van der Waals surface area contributed by atoms with Crippen LogP contribution in [-0.4, -0.2) is 30.1 Å². The van der Waals surface area contributed by atoms with Crippen LogP contribution >= 0.6 is 11.6 Å². The van der Waals surface area contributed by atoms with Gasteiger partial charge < -0.3 is 19.3 Å². The van der Waals surface area contributed by atoms with E-state index in [4.69, 9.17) is 30.8 Å². The Morgan fingerprint density at radius 2 is 1.84 bits per heavy atom. The minimum atomic E-state index is -1.43. The molecule has 1 spiro atoms. The fourth-order valence-corrected chi connectivity index (χ4v) is 5.01. The molecule has 1 aliphatic carbocycles. The van der Waals surface area contributed by atoms with Gasteiger partial charge in [-0.15, -0.1) is 0 Å². The van der Waals surface area contributed by atoms with Gasteiger partial charge in [0.25, 0.3) is 0 Å². The number of pyridine rings is 1. The minimum Gasteiger partial charge on any atom is -0.496 e. The molecule has 1 aromatic heterocycles. The zero-order chi connectivity index (χ0) is 22.6. The van der Waals surface area contributed by atoms with Crippen molar-refractivity contribution in [3.8, 4) is 28.5 Å². The maximum atomic E-state index is 14.0. The number of methoxy groups -OCH3 is 2. The number of nitrogens with zero attached hydrogens (tertiary/aromatic N) is 1. The van der Waals surface area contributed by atoms with Crippen molar-refractivity contribution in [3.63, 3.8) is 0 Å². The Kier molecular flexibility index (Phi) is 4.87. The van der Waals surface area contributed by atoms with Crippen molar-refractivity contribution < 1.29 is 24.1 Å². The van der Waals surface area contributed by atoms with Crippen molar-refractivity contribution in [2.75, 3.05) is 14.2 Å². The van der Waals surface area contributed by atoms with E-state index in [0.29, 0.717) is 34.9 Å². The summed E-state index contributed by atoms with van der Waals surface area (Å²) in [6.07, 6.45) is -0.411. The zero-order valence-electron chi connectivity index (χ0n) is 17.9. The molecule has 7 heteroatoms. The molecular formula is C25H22ClNO5. The third kappa shape index (κ3) is 2.76. The van der Waals surface area contributed by atoms with Gasteiger partial charge in [0.2, 0.25) is 11.4 Å². The van der Waals surface area contributed by atoms with Crippen LogP contribution in [0.25, 0.3) is 11.3 Å². The van der Waals surface area contributed by atoms with Crippen molar-refractivity contribution in [2.45, 2.75) is 25.0 Å². The Bertz CT molecular complexity index is 1230. The summed E-state index contributed by atoms with van der Waals surface area (Å²) in [5, 5.41) is 11.0. The van der Waals surface area contributed by atoms with Gasteiger partial charge in [0.05, 0.1) is 31.7 Å². The number of ketones is 1. The van der Waals surface area contributed by atoms with Crippen molar-refractivity contribution in [3.05, 3.63) is 70.4 Å². The molecule has 0 amide bonds. The first kappa shape index (κ1) is 20.8. The molecule has 2 aromatic carbocycles. The van der Waals surface area contributed by atoms with Crippen LogP contribution < -0.4 is 14.2 Å². The standard InChI is InChI=1S/C25H22ClNO5/c1-13-11-17(28)15-9-10-16(14-7-5-4-6-8-14)27-23(15)25(13)24(29)20-18(30-2)12-19(31-3)21(26)22(20)32-25/h4-10,12-13,17,28H,11H2,1-3H3/t13-,17+,25+/m1/s1. The molecule has 3 atom stereocenters. The lowest BCUT2D eigenvalue weighted by molar-refractivity contribution is -0.00598. The fraction of sp³-hybridized carbons (Fsp3) is 0.280. The number of Topliss-reactive ketones (excluding diaryl/α,β-unsaturated/α-hetero) is 1. The maximum Gasteiger partial charge on any atom is 0.220 e. The zero-order valence-corrected chi connectivity index (χ0v) is 18.6. The molecular weight excluding hydrogens is 430 g/mol. The van der Waals surface area contributed by atoms with Crippen molar-refractivity contribution >= 4 is 17.4 Å². The van der Waals surface area contributed by atoms with E-state index < -0.39 is 11.7 Å². The Morgan fingerprint density at radius 1 is 1.12 bits per heavy atom. The second-order valence-corrected chi connectivity index (χ2v) is 8.50. The third-order valence-electron chi connectivity index (χ3n) is 6.40. The van der Waals surface area contributed by atoms with Crippen LogP contribution in [0.1, 0.15) is 41.1 Å². The summed E-state index contributed by atoms with van der Waals surface area (Å²) < 4.78 is 17.3. The number of ether oxygens (including phenoxy) is 3. The lowest BCUT2D eigenvalue weighted by Crippen LogP contribution is -2.48. The summed E-state index contributed by atoms with van der Waals surface area (Å²) >= 11 is 6.55. The lowest BCUT2D eigenvalue weighted by Gasteiger charge is -2.40. The van der Waals surface area contributed by atoms with Crippen LogP contribution in [0.2, 0.25) is 5.02 Å². The number of hydrogen-bond donors (Lipinski definition) is 1. The van der Waals surface area contributed by atoms with E-state index >= 15 is 0 Å². The molecule has 0 saturated heterocycles. The van der Waals surface area contributed by atoms with Gasteiger partial charge in [0, 0.05) is 23.1 Å². The van der Waals surface area contributed by atoms with Crippen LogP contribution in [0, 0.1) is 5.92 Å². The number of halogens is 1. The van der Waals surface area contributed by atoms with E-state index in [1.165, 1.54) is 14.2 Å². The first-order valence-corrected chi connectivity index (χ1v) is 10.7. The van der Waals surface area contributed by atoms with E-state index in [-0.39, 0.29) is 28.0 Å². The van der Waals surface area contributed by atoms with E-state index in [1.807, 2.05) is 49.4 Å². The van der Waals surface area contributed by atoms with Crippen LogP contribution in [0.5, 0.6) is 17.2 Å². The van der Waals surface area contributed by atoms with E-state index in [0.717, 1.165) is 5.56 Å². The van der Waals surface area contributed by atoms with E-state index in [1.54, 1.807) is 6.07 Å². The number of fused-ring (bicyclic) bond motifs is 3. The number of rotatable bonds is 3. The summed E-state index contributed by atoms with van der Waals surface area (Å²) in [6, 6.07) is 14.9. The van der Waals surface area contributed by atoms with E-state index in [2.05, 4.69) is 0 Å². The predicted octanol–water partition coefficient (Wildman–Crippen LogP) is 4.96. The van der Waals surface area contributed by atoms with Crippen LogP contribution in [-0.2, 0) is 5.60 Å². The van der Waals surface area contributed by atoms with Crippen molar-refractivity contribution in [1.82, 2.24) is 4.98 Å². The summed E-state index contributed by atoms with van der Waals surface area (Å²) in [5.41, 5.74) is 1.41. The van der Waals surface area contributed by atoms with Gasteiger partial charge in [-0.1, -0.05) is 54.9 Å². The quantitative estimate of drug-likeness (QED) is 0.606. The van der Waals surface area contributed by atoms with Crippen LogP contribution in [0.4, 0.5) is 0 Å². The number of carbonyl (C=O) groups is 1. The normalized spacial score (nSPS) is 23.5. The average Bonchev–Trinajstić information content (AvgIpc) is 3.13. The van der Waals surface area contributed by atoms with Gasteiger partial charge in [0.15, 0.2) is 5.75 Å². The van der Waals surface area contributed by atoms with Crippen molar-refractivity contribution in [2.24, 2.45) is 5.92 Å². The second kappa shape index (κ2) is 7.50. The average molecular weight is 452 g/mol. The molecule has 0 unspecified atom stereocenters. The highest BCUT2D eigenvalue weighted by Gasteiger charge is 2.60. The highest BCUT2D eigenvalue weighted by atomic mass is 35.5. The molecule has 6 nitrogen and oxygen atoms in total. The second-order valence-electron chi connectivity index (χ2n) is 8.12. The summed E-state index contributed by atoms with van der Waals surface area (Å²) in [6.45, 7) is 1.88. The van der Waals surface area contributed by atoms with Gasteiger partial charge in [-0.05, 0) is 12.5 Å². The van der Waals surface area contributed by atoms with Crippen LogP contribution in [0.15, 0.2) is 48.5 Å². The van der Waals surface area contributed by atoms with Crippen molar-refractivity contribution in [1.29, 1.82) is 0 Å². The minimum absolute atomic E-state index is 0.201. The molecule has 164 valence electrons. The molecule has 3 aromatic rings. The third-order valence-corrected chi connectivity index (χ3v) is 6.75. The number of carbonyl (C=O) groups excluding carboxylic acids is 1. The summed E-state index contributed by atoms with van der Waals surface area (Å²) in [7, 11) is 2.97. The highest BCUT2D eigenvalue weighted by molar-refractivity contribution is 6.35. The monoisotopic (exact) mass is 451 g/mol. The topological polar surface area (TPSA) is 77.9 Å². The number of aromatic nitrogens is 1. The van der Waals surface area contributed by atoms with Gasteiger partial charge in [-0.2, -0.15) is 0 Å². The highest BCUT2D eigenvalue weighted by Crippen LogP contribution is 2.57. The largest absolute Gasteiger partial charge is 0.496 e. The lowest BCUT2D eigenvalue weighted by atomic mass is 9.71. The Balaban J connectivity index is 1.76. The molecule has 0 saturated carbocycles. The van der Waals surface area contributed by atoms with Gasteiger partial charge in [-0.25, -0.2) is 4.98 Å². The summed E-state index contributed by atoms with van der Waals surface area (Å²) in [4.78, 5) is 18.9. The maximum absolute atomic E-state index is 14.0. The molecule has 1 N–H and O–H groups in total. The smallest absolute Gasteiger partial charge is 0.220 e. The molecule has 2 heterocycles.